The number of benzene rings is 2. The molecule has 8 heteroatoms. The summed E-state index contributed by atoms with van der Waals surface area (Å²) in [7, 11) is 0. The Kier molecular flexibility index (Phi) is 4.29. The minimum atomic E-state index is -0.581. The molecule has 2 aromatic rings. The molecule has 0 aromatic heterocycles. The van der Waals surface area contributed by atoms with Crippen LogP contribution in [0.25, 0.3) is 0 Å². The Hall–Kier alpha value is -2.02. The normalized spacial score (nSPS) is 10.2. The first-order valence-corrected chi connectivity index (χ1v) is 6.15. The number of nitro groups is 1. The van der Waals surface area contributed by atoms with Gasteiger partial charge in [-0.25, -0.2) is 0 Å². The number of ether oxygens (including phenoxy) is 1. The van der Waals surface area contributed by atoms with Crippen molar-refractivity contribution in [2.24, 2.45) is 5.84 Å². The summed E-state index contributed by atoms with van der Waals surface area (Å²) >= 11 is 11.7. The topological polar surface area (TPSA) is 90.4 Å². The standard InChI is InChI=1S/C12H9Cl2N3O3/c13-8-5-4-7(6-9(8)14)20-11-3-1-2-10(16-15)12(11)17(18)19/h1-6,16H,15H2. The highest BCUT2D eigenvalue weighted by Gasteiger charge is 2.21. The second-order valence-electron chi connectivity index (χ2n) is 3.73. The van der Waals surface area contributed by atoms with Crippen LogP contribution in [0.2, 0.25) is 10.0 Å². The second kappa shape index (κ2) is 5.96. The average Bonchev–Trinajstić information content (AvgIpc) is 2.42. The van der Waals surface area contributed by atoms with Gasteiger partial charge in [0.25, 0.3) is 0 Å². The summed E-state index contributed by atoms with van der Waals surface area (Å²) in [5.41, 5.74) is 2.14. The van der Waals surface area contributed by atoms with Crippen LogP contribution in [-0.2, 0) is 0 Å². The van der Waals surface area contributed by atoms with E-state index < -0.39 is 4.92 Å². The number of hydrogen-bond donors (Lipinski definition) is 2. The Labute approximate surface area is 124 Å². The van der Waals surface area contributed by atoms with Crippen LogP contribution in [-0.4, -0.2) is 4.92 Å². The van der Waals surface area contributed by atoms with Crippen molar-refractivity contribution in [2.45, 2.75) is 0 Å². The molecule has 0 aliphatic rings. The van der Waals surface area contributed by atoms with Crippen LogP contribution < -0.4 is 16.0 Å². The number of nitrogen functional groups attached to an aromatic ring is 1. The van der Waals surface area contributed by atoms with E-state index in [1.807, 2.05) is 0 Å². The molecular formula is C12H9Cl2N3O3. The minimum absolute atomic E-state index is 0.0452. The summed E-state index contributed by atoms with van der Waals surface area (Å²) in [5.74, 6) is 5.62. The van der Waals surface area contributed by atoms with Crippen molar-refractivity contribution in [1.82, 2.24) is 0 Å². The van der Waals surface area contributed by atoms with Crippen molar-refractivity contribution < 1.29 is 9.66 Å². The van der Waals surface area contributed by atoms with E-state index in [1.54, 1.807) is 12.1 Å². The minimum Gasteiger partial charge on any atom is -0.450 e. The van der Waals surface area contributed by atoms with E-state index in [4.69, 9.17) is 33.8 Å². The molecule has 0 atom stereocenters. The van der Waals surface area contributed by atoms with E-state index in [0.29, 0.717) is 15.8 Å². The molecule has 0 amide bonds. The third kappa shape index (κ3) is 2.93. The van der Waals surface area contributed by atoms with Crippen molar-refractivity contribution in [3.63, 3.8) is 0 Å². The van der Waals surface area contributed by atoms with Gasteiger partial charge in [-0.2, -0.15) is 0 Å². The second-order valence-corrected chi connectivity index (χ2v) is 4.55. The van der Waals surface area contributed by atoms with Crippen LogP contribution in [0.1, 0.15) is 0 Å². The van der Waals surface area contributed by atoms with E-state index >= 15 is 0 Å². The summed E-state index contributed by atoms with van der Waals surface area (Å²) in [5, 5.41) is 11.8. The lowest BCUT2D eigenvalue weighted by Crippen LogP contribution is -2.09. The number of nitrogens with zero attached hydrogens (tertiary/aromatic N) is 1. The molecule has 0 spiro atoms. The van der Waals surface area contributed by atoms with Gasteiger partial charge in [-0.3, -0.25) is 16.0 Å². The maximum absolute atomic E-state index is 11.1. The Balaban J connectivity index is 2.42. The van der Waals surface area contributed by atoms with Crippen molar-refractivity contribution in [3.05, 3.63) is 56.6 Å². The van der Waals surface area contributed by atoms with Gasteiger partial charge in [0.2, 0.25) is 5.75 Å². The molecule has 0 aliphatic heterocycles. The number of halogens is 2. The Bertz CT molecular complexity index is 664. The number of nitro benzene ring substituents is 1. The molecule has 2 aromatic carbocycles. The maximum Gasteiger partial charge on any atom is 0.335 e. The predicted octanol–water partition coefficient (Wildman–Crippen LogP) is 3.98. The zero-order chi connectivity index (χ0) is 14.7. The lowest BCUT2D eigenvalue weighted by molar-refractivity contribution is -0.384. The van der Waals surface area contributed by atoms with Gasteiger partial charge in [-0.05, 0) is 24.3 Å². The maximum atomic E-state index is 11.1. The van der Waals surface area contributed by atoms with Gasteiger partial charge >= 0.3 is 5.69 Å². The van der Waals surface area contributed by atoms with E-state index in [0.717, 1.165) is 0 Å². The number of nitrogens with one attached hydrogen (secondary N) is 1. The zero-order valence-corrected chi connectivity index (χ0v) is 11.5. The molecule has 0 heterocycles. The van der Waals surface area contributed by atoms with Crippen LogP contribution >= 0.6 is 23.2 Å². The fourth-order valence-electron chi connectivity index (χ4n) is 1.58. The van der Waals surface area contributed by atoms with Gasteiger partial charge in [0, 0.05) is 6.07 Å². The van der Waals surface area contributed by atoms with Gasteiger partial charge in [-0.15, -0.1) is 0 Å². The molecular weight excluding hydrogens is 305 g/mol. The lowest BCUT2D eigenvalue weighted by atomic mass is 10.2. The summed E-state index contributed by atoms with van der Waals surface area (Å²) in [6, 6.07) is 9.07. The number of rotatable bonds is 4. The molecule has 20 heavy (non-hydrogen) atoms. The molecule has 6 nitrogen and oxygen atoms in total. The molecule has 0 aliphatic carbocycles. The number of para-hydroxylation sites is 1. The molecule has 0 bridgehead atoms. The first-order chi connectivity index (χ1) is 9.52. The highest BCUT2D eigenvalue weighted by molar-refractivity contribution is 6.42. The van der Waals surface area contributed by atoms with Gasteiger partial charge < -0.3 is 10.2 Å². The van der Waals surface area contributed by atoms with Gasteiger partial charge in [-0.1, -0.05) is 29.3 Å². The largest absolute Gasteiger partial charge is 0.450 e. The van der Waals surface area contributed by atoms with Crippen molar-refractivity contribution in [1.29, 1.82) is 0 Å². The number of anilines is 1. The Morgan fingerprint density at radius 2 is 1.95 bits per heavy atom. The first kappa shape index (κ1) is 14.4. The summed E-state index contributed by atoms with van der Waals surface area (Å²) in [6.45, 7) is 0. The SMILES string of the molecule is NNc1cccc(Oc2ccc(Cl)c(Cl)c2)c1[N+](=O)[O-]. The van der Waals surface area contributed by atoms with Crippen LogP contribution in [0.3, 0.4) is 0 Å². The van der Waals surface area contributed by atoms with E-state index in [1.165, 1.54) is 24.3 Å². The fraction of sp³-hybridized carbons (Fsp3) is 0. The lowest BCUT2D eigenvalue weighted by Gasteiger charge is -2.09. The first-order valence-electron chi connectivity index (χ1n) is 5.40. The highest BCUT2D eigenvalue weighted by atomic mass is 35.5. The van der Waals surface area contributed by atoms with Crippen molar-refractivity contribution in [3.8, 4) is 11.5 Å². The monoisotopic (exact) mass is 313 g/mol. The van der Waals surface area contributed by atoms with Gasteiger partial charge in [0.05, 0.1) is 15.0 Å². The van der Waals surface area contributed by atoms with Gasteiger partial charge in [0.15, 0.2) is 0 Å². The van der Waals surface area contributed by atoms with Gasteiger partial charge in [0.1, 0.15) is 11.4 Å². The van der Waals surface area contributed by atoms with E-state index in [9.17, 15) is 10.1 Å². The van der Waals surface area contributed by atoms with E-state index in [-0.39, 0.29) is 17.1 Å². The zero-order valence-electron chi connectivity index (χ0n) is 9.97. The molecule has 0 unspecified atom stereocenters. The number of hydrazine groups is 1. The predicted molar refractivity (Wildman–Crippen MR) is 77.4 cm³/mol. The highest BCUT2D eigenvalue weighted by Crippen LogP contribution is 2.38. The average molecular weight is 314 g/mol. The van der Waals surface area contributed by atoms with E-state index in [2.05, 4.69) is 5.43 Å². The smallest absolute Gasteiger partial charge is 0.335 e. The third-order valence-corrected chi connectivity index (χ3v) is 3.19. The van der Waals surface area contributed by atoms with Crippen molar-refractivity contribution in [2.75, 3.05) is 5.43 Å². The molecule has 0 fully saturated rings. The van der Waals surface area contributed by atoms with Crippen molar-refractivity contribution >= 4 is 34.6 Å². The number of nitrogens with two attached hydrogens (primary N) is 1. The number of hydrogen-bond acceptors (Lipinski definition) is 5. The Morgan fingerprint density at radius 1 is 1.20 bits per heavy atom. The van der Waals surface area contributed by atoms with Crippen LogP contribution in [0, 0.1) is 10.1 Å². The molecule has 0 radical (unpaired) electrons. The van der Waals surface area contributed by atoms with Crippen LogP contribution in [0.4, 0.5) is 11.4 Å². The quantitative estimate of drug-likeness (QED) is 0.506. The van der Waals surface area contributed by atoms with Crippen LogP contribution in [0.5, 0.6) is 11.5 Å². The Morgan fingerprint density at radius 3 is 2.55 bits per heavy atom. The van der Waals surface area contributed by atoms with Crippen LogP contribution in [0.15, 0.2) is 36.4 Å². The third-order valence-electron chi connectivity index (χ3n) is 2.46. The molecule has 0 saturated heterocycles. The summed E-state index contributed by atoms with van der Waals surface area (Å²) in [4.78, 5) is 10.5. The molecule has 0 saturated carbocycles. The molecule has 2 rings (SSSR count). The fourth-order valence-corrected chi connectivity index (χ4v) is 1.86. The molecule has 104 valence electrons. The summed E-state index contributed by atoms with van der Waals surface area (Å²) in [6.07, 6.45) is 0. The molecule has 3 N–H and O–H groups in total. The summed E-state index contributed by atoms with van der Waals surface area (Å²) < 4.78 is 5.47.